The van der Waals surface area contributed by atoms with Crippen LogP contribution in [0, 0.1) is 0 Å². The monoisotopic (exact) mass is 302 g/mol. The lowest BCUT2D eigenvalue weighted by molar-refractivity contribution is -0.118. The molecular formula is C14H14N4O2S. The number of aromatic nitrogens is 2. The Bertz CT molecular complexity index is 619. The summed E-state index contributed by atoms with van der Waals surface area (Å²) in [4.78, 5) is 19.7. The Labute approximate surface area is 126 Å². The fourth-order valence-electron chi connectivity index (χ4n) is 1.47. The Morgan fingerprint density at radius 2 is 2.10 bits per heavy atom. The predicted molar refractivity (Wildman–Crippen MR) is 81.5 cm³/mol. The molecule has 0 atom stereocenters. The molecule has 1 aromatic carbocycles. The summed E-state index contributed by atoms with van der Waals surface area (Å²) in [5.41, 5.74) is 3.24. The molecule has 7 heteroatoms. The van der Waals surface area contributed by atoms with Gasteiger partial charge < -0.3 is 4.74 Å². The van der Waals surface area contributed by atoms with Crippen molar-refractivity contribution in [2.24, 2.45) is 5.10 Å². The molecule has 108 valence electrons. The smallest absolute Gasteiger partial charge is 0.250 e. The van der Waals surface area contributed by atoms with Gasteiger partial charge in [-0.3, -0.25) is 4.79 Å². The SMILES string of the molecule is COc1ccccc1/C=N\NC(=O)CSc1ncccn1. The number of nitrogens with one attached hydrogen (secondary N) is 1. The second-order valence-electron chi connectivity index (χ2n) is 3.86. The van der Waals surface area contributed by atoms with Crippen molar-refractivity contribution < 1.29 is 9.53 Å². The van der Waals surface area contributed by atoms with Crippen LogP contribution in [0.3, 0.4) is 0 Å². The molecule has 1 aromatic heterocycles. The maximum atomic E-state index is 11.6. The number of nitrogens with zero attached hydrogens (tertiary/aromatic N) is 3. The quantitative estimate of drug-likeness (QED) is 0.380. The molecule has 1 amide bonds. The minimum absolute atomic E-state index is 0.202. The van der Waals surface area contributed by atoms with Gasteiger partial charge in [0.1, 0.15) is 5.75 Å². The van der Waals surface area contributed by atoms with Crippen molar-refractivity contribution in [1.82, 2.24) is 15.4 Å². The summed E-state index contributed by atoms with van der Waals surface area (Å²) in [5.74, 6) is 0.675. The van der Waals surface area contributed by atoms with Crippen molar-refractivity contribution in [2.75, 3.05) is 12.9 Å². The van der Waals surface area contributed by atoms with Gasteiger partial charge >= 0.3 is 0 Å². The summed E-state index contributed by atoms with van der Waals surface area (Å²) in [5, 5.41) is 4.46. The highest BCUT2D eigenvalue weighted by Crippen LogP contribution is 2.14. The predicted octanol–water partition coefficient (Wildman–Crippen LogP) is 1.73. The van der Waals surface area contributed by atoms with Gasteiger partial charge in [0.15, 0.2) is 5.16 Å². The second kappa shape index (κ2) is 8.01. The number of benzene rings is 1. The van der Waals surface area contributed by atoms with E-state index in [9.17, 15) is 4.79 Å². The van der Waals surface area contributed by atoms with E-state index in [-0.39, 0.29) is 11.7 Å². The van der Waals surface area contributed by atoms with Gasteiger partial charge in [0, 0.05) is 18.0 Å². The van der Waals surface area contributed by atoms with E-state index in [0.717, 1.165) is 5.56 Å². The van der Waals surface area contributed by atoms with Gasteiger partial charge in [-0.05, 0) is 18.2 Å². The van der Waals surface area contributed by atoms with Gasteiger partial charge in [-0.1, -0.05) is 23.9 Å². The standard InChI is InChI=1S/C14H14N4O2S/c1-20-12-6-3-2-5-11(12)9-17-18-13(19)10-21-14-15-7-4-8-16-14/h2-9H,10H2,1H3,(H,18,19)/b17-9-. The van der Waals surface area contributed by atoms with Crippen LogP contribution in [0.5, 0.6) is 5.75 Å². The van der Waals surface area contributed by atoms with E-state index in [4.69, 9.17) is 4.74 Å². The van der Waals surface area contributed by atoms with Crippen LogP contribution >= 0.6 is 11.8 Å². The number of para-hydroxylation sites is 1. The number of carbonyl (C=O) groups excluding carboxylic acids is 1. The zero-order valence-electron chi connectivity index (χ0n) is 11.4. The van der Waals surface area contributed by atoms with Crippen molar-refractivity contribution >= 4 is 23.9 Å². The van der Waals surface area contributed by atoms with Crippen molar-refractivity contribution in [1.29, 1.82) is 0 Å². The first-order valence-corrected chi connectivity index (χ1v) is 7.13. The van der Waals surface area contributed by atoms with Crippen molar-refractivity contribution in [3.05, 3.63) is 48.3 Å². The molecule has 6 nitrogen and oxygen atoms in total. The molecule has 0 unspecified atom stereocenters. The number of hydrogen-bond donors (Lipinski definition) is 1. The Morgan fingerprint density at radius 3 is 2.86 bits per heavy atom. The van der Waals surface area contributed by atoms with Crippen molar-refractivity contribution in [2.45, 2.75) is 5.16 Å². The number of hydrazone groups is 1. The molecule has 0 bridgehead atoms. The van der Waals surface area contributed by atoms with E-state index in [0.29, 0.717) is 10.9 Å². The summed E-state index contributed by atoms with van der Waals surface area (Å²) in [6, 6.07) is 9.13. The first-order chi connectivity index (χ1) is 10.3. The third kappa shape index (κ3) is 4.88. The maximum absolute atomic E-state index is 11.6. The van der Waals surface area contributed by atoms with Crippen LogP contribution in [-0.4, -0.2) is 35.0 Å². The van der Waals surface area contributed by atoms with Crippen molar-refractivity contribution in [3.63, 3.8) is 0 Å². The number of hydrogen-bond acceptors (Lipinski definition) is 6. The number of rotatable bonds is 6. The fraction of sp³-hybridized carbons (Fsp3) is 0.143. The van der Waals surface area contributed by atoms with Crippen LogP contribution in [0.4, 0.5) is 0 Å². The lowest BCUT2D eigenvalue weighted by Crippen LogP contribution is -2.19. The summed E-state index contributed by atoms with van der Waals surface area (Å²) < 4.78 is 5.18. The minimum atomic E-state index is -0.224. The van der Waals surface area contributed by atoms with Crippen LogP contribution in [0.15, 0.2) is 53.0 Å². The lowest BCUT2D eigenvalue weighted by Gasteiger charge is -2.03. The van der Waals surface area contributed by atoms with Gasteiger partial charge in [-0.25, -0.2) is 15.4 Å². The zero-order chi connectivity index (χ0) is 14.9. The average molecular weight is 302 g/mol. The molecule has 0 fully saturated rings. The van der Waals surface area contributed by atoms with Gasteiger partial charge in [-0.2, -0.15) is 5.10 Å². The largest absolute Gasteiger partial charge is 0.496 e. The molecule has 2 aromatic rings. The van der Waals surface area contributed by atoms with Gasteiger partial charge in [0.25, 0.3) is 5.91 Å². The van der Waals surface area contributed by atoms with E-state index in [1.807, 2.05) is 24.3 Å². The summed E-state index contributed by atoms with van der Waals surface area (Å²) >= 11 is 1.25. The van der Waals surface area contributed by atoms with Crippen LogP contribution in [0.2, 0.25) is 0 Å². The topological polar surface area (TPSA) is 76.5 Å². The van der Waals surface area contributed by atoms with E-state index >= 15 is 0 Å². The molecule has 0 aliphatic carbocycles. The van der Waals surface area contributed by atoms with Gasteiger partial charge in [0.2, 0.25) is 0 Å². The van der Waals surface area contributed by atoms with E-state index in [1.165, 1.54) is 11.8 Å². The van der Waals surface area contributed by atoms with E-state index in [2.05, 4.69) is 20.5 Å². The van der Waals surface area contributed by atoms with Crippen LogP contribution in [-0.2, 0) is 4.79 Å². The van der Waals surface area contributed by atoms with Crippen molar-refractivity contribution in [3.8, 4) is 5.75 Å². The van der Waals surface area contributed by atoms with Crippen LogP contribution in [0.25, 0.3) is 0 Å². The molecule has 0 radical (unpaired) electrons. The average Bonchev–Trinajstić information content (AvgIpc) is 2.54. The molecule has 0 saturated carbocycles. The number of methoxy groups -OCH3 is 1. The van der Waals surface area contributed by atoms with Gasteiger partial charge in [0.05, 0.1) is 19.1 Å². The van der Waals surface area contributed by atoms with E-state index in [1.54, 1.807) is 31.8 Å². The maximum Gasteiger partial charge on any atom is 0.250 e. The fourth-order valence-corrected chi connectivity index (χ4v) is 2.06. The number of thioether (sulfide) groups is 1. The molecule has 1 heterocycles. The first-order valence-electron chi connectivity index (χ1n) is 6.14. The molecule has 2 rings (SSSR count). The highest BCUT2D eigenvalue weighted by Gasteiger charge is 2.03. The first kappa shape index (κ1) is 15.0. The zero-order valence-corrected chi connectivity index (χ0v) is 12.2. The Balaban J connectivity index is 1.82. The van der Waals surface area contributed by atoms with E-state index < -0.39 is 0 Å². The summed E-state index contributed by atoms with van der Waals surface area (Å²) in [7, 11) is 1.59. The number of amides is 1. The van der Waals surface area contributed by atoms with Gasteiger partial charge in [-0.15, -0.1) is 0 Å². The lowest BCUT2D eigenvalue weighted by atomic mass is 10.2. The third-order valence-electron chi connectivity index (χ3n) is 2.41. The Hall–Kier alpha value is -2.41. The molecular weight excluding hydrogens is 288 g/mol. The molecule has 0 spiro atoms. The molecule has 0 saturated heterocycles. The highest BCUT2D eigenvalue weighted by atomic mass is 32.2. The number of ether oxygens (including phenoxy) is 1. The third-order valence-corrected chi connectivity index (χ3v) is 3.28. The number of carbonyl (C=O) groups is 1. The Morgan fingerprint density at radius 1 is 1.33 bits per heavy atom. The normalized spacial score (nSPS) is 10.5. The molecule has 1 N–H and O–H groups in total. The summed E-state index contributed by atoms with van der Waals surface area (Å²) in [6.45, 7) is 0. The molecule has 21 heavy (non-hydrogen) atoms. The highest BCUT2D eigenvalue weighted by molar-refractivity contribution is 7.99. The molecule has 0 aliphatic heterocycles. The minimum Gasteiger partial charge on any atom is -0.496 e. The van der Waals surface area contributed by atoms with Crippen LogP contribution < -0.4 is 10.2 Å². The Kier molecular flexibility index (Phi) is 5.71. The summed E-state index contributed by atoms with van der Waals surface area (Å²) in [6.07, 6.45) is 4.81. The van der Waals surface area contributed by atoms with Crippen LogP contribution in [0.1, 0.15) is 5.56 Å². The second-order valence-corrected chi connectivity index (χ2v) is 4.80. The molecule has 0 aliphatic rings.